The molecule has 1 saturated heterocycles. The van der Waals surface area contributed by atoms with Crippen molar-refractivity contribution < 1.29 is 27.9 Å². The lowest BCUT2D eigenvalue weighted by Crippen LogP contribution is -2.39. The zero-order chi connectivity index (χ0) is 16.2. The highest BCUT2D eigenvalue weighted by molar-refractivity contribution is 7.92. The first-order valence-electron chi connectivity index (χ1n) is 6.85. The van der Waals surface area contributed by atoms with Gasteiger partial charge >= 0.3 is 5.97 Å². The summed E-state index contributed by atoms with van der Waals surface area (Å²) >= 11 is 0. The van der Waals surface area contributed by atoms with Gasteiger partial charge in [0.15, 0.2) is 16.4 Å². The third-order valence-corrected chi connectivity index (χ3v) is 5.53. The van der Waals surface area contributed by atoms with Crippen LogP contribution in [0.3, 0.4) is 0 Å². The average molecular weight is 327 g/mol. The lowest BCUT2D eigenvalue weighted by Gasteiger charge is -2.21. The van der Waals surface area contributed by atoms with Crippen molar-refractivity contribution in [3.8, 4) is 5.75 Å². The van der Waals surface area contributed by atoms with Gasteiger partial charge in [-0.05, 0) is 37.1 Å². The molecule has 1 amide bonds. The van der Waals surface area contributed by atoms with E-state index in [1.165, 1.54) is 24.3 Å². The van der Waals surface area contributed by atoms with Crippen LogP contribution in [0.4, 0.5) is 5.69 Å². The molecule has 1 aromatic carbocycles. The summed E-state index contributed by atoms with van der Waals surface area (Å²) in [5, 5.41) is 10.1. The van der Waals surface area contributed by atoms with Gasteiger partial charge in [-0.3, -0.25) is 4.79 Å². The Balaban J connectivity index is 1.98. The van der Waals surface area contributed by atoms with Crippen LogP contribution in [0.2, 0.25) is 0 Å². The minimum absolute atomic E-state index is 0.0487. The fourth-order valence-electron chi connectivity index (χ4n) is 2.25. The van der Waals surface area contributed by atoms with E-state index < -0.39 is 33.6 Å². The first kappa shape index (κ1) is 16.3. The number of aliphatic carboxylic acids is 1. The second kappa shape index (κ2) is 6.78. The van der Waals surface area contributed by atoms with Gasteiger partial charge < -0.3 is 15.2 Å². The number of anilines is 1. The molecule has 0 saturated carbocycles. The second-order valence-corrected chi connectivity index (χ2v) is 7.35. The number of ether oxygens (including phenoxy) is 1. The zero-order valence-electron chi connectivity index (χ0n) is 11.8. The van der Waals surface area contributed by atoms with Gasteiger partial charge in [-0.1, -0.05) is 6.42 Å². The number of carboxylic acids is 1. The van der Waals surface area contributed by atoms with Crippen LogP contribution in [0, 0.1) is 0 Å². The van der Waals surface area contributed by atoms with Crippen LogP contribution in [0.5, 0.6) is 5.75 Å². The molecule has 120 valence electrons. The van der Waals surface area contributed by atoms with Crippen LogP contribution in [0.1, 0.15) is 19.3 Å². The lowest BCUT2D eigenvalue weighted by atomic mass is 10.2. The van der Waals surface area contributed by atoms with E-state index in [9.17, 15) is 18.0 Å². The van der Waals surface area contributed by atoms with E-state index in [0.29, 0.717) is 24.3 Å². The van der Waals surface area contributed by atoms with E-state index in [4.69, 9.17) is 9.84 Å². The molecular formula is C14H17NO6S. The smallest absolute Gasteiger partial charge is 0.341 e. The number of sulfone groups is 1. The number of nitrogens with one attached hydrogen (secondary N) is 1. The standard InChI is InChI=1S/C14H17NO6S/c16-13(17)9-21-11-6-4-10(5-7-11)15-14(18)12-3-1-2-8-22(12,19)20/h4-7,12H,1-3,8-9H2,(H,15,18)(H,16,17). The summed E-state index contributed by atoms with van der Waals surface area (Å²) in [6.45, 7) is -0.452. The van der Waals surface area contributed by atoms with Crippen LogP contribution in [-0.2, 0) is 19.4 Å². The third-order valence-electron chi connectivity index (χ3n) is 3.36. The summed E-state index contributed by atoms with van der Waals surface area (Å²) in [5.74, 6) is -1.21. The summed E-state index contributed by atoms with van der Waals surface area (Å²) in [6.07, 6.45) is 1.66. The van der Waals surface area contributed by atoms with Crippen molar-refractivity contribution >= 4 is 27.4 Å². The molecule has 1 unspecified atom stereocenters. The van der Waals surface area contributed by atoms with Gasteiger partial charge in [0.25, 0.3) is 0 Å². The monoisotopic (exact) mass is 327 g/mol. The number of hydrogen-bond acceptors (Lipinski definition) is 5. The minimum Gasteiger partial charge on any atom is -0.482 e. The second-order valence-electron chi connectivity index (χ2n) is 5.05. The Hall–Kier alpha value is -2.09. The summed E-state index contributed by atoms with van der Waals surface area (Å²) < 4.78 is 28.7. The average Bonchev–Trinajstić information content (AvgIpc) is 2.46. The molecule has 7 nitrogen and oxygen atoms in total. The van der Waals surface area contributed by atoms with Crippen molar-refractivity contribution in [2.24, 2.45) is 0 Å². The van der Waals surface area contributed by atoms with Crippen LogP contribution in [-0.4, -0.2) is 43.0 Å². The van der Waals surface area contributed by atoms with Crippen molar-refractivity contribution in [1.29, 1.82) is 0 Å². The largest absolute Gasteiger partial charge is 0.482 e. The molecular weight excluding hydrogens is 310 g/mol. The summed E-state index contributed by atoms with van der Waals surface area (Å²) in [5.41, 5.74) is 0.438. The van der Waals surface area contributed by atoms with Gasteiger partial charge in [-0.25, -0.2) is 13.2 Å². The molecule has 2 rings (SSSR count). The van der Waals surface area contributed by atoms with Gasteiger partial charge in [0.2, 0.25) is 5.91 Å². The molecule has 0 radical (unpaired) electrons. The minimum atomic E-state index is -3.37. The van der Waals surface area contributed by atoms with Crippen LogP contribution in [0.15, 0.2) is 24.3 Å². The first-order chi connectivity index (χ1) is 10.4. The predicted molar refractivity (Wildman–Crippen MR) is 79.6 cm³/mol. The Morgan fingerprint density at radius 3 is 2.50 bits per heavy atom. The highest BCUT2D eigenvalue weighted by Crippen LogP contribution is 2.22. The van der Waals surface area contributed by atoms with E-state index in [0.717, 1.165) is 6.42 Å². The predicted octanol–water partition coefficient (Wildman–Crippen LogP) is 1.06. The molecule has 1 fully saturated rings. The number of carbonyl (C=O) groups is 2. The molecule has 0 aliphatic carbocycles. The maximum absolute atomic E-state index is 12.1. The molecule has 22 heavy (non-hydrogen) atoms. The normalized spacial score (nSPS) is 20.1. The van der Waals surface area contributed by atoms with Crippen molar-refractivity contribution in [2.45, 2.75) is 24.5 Å². The fraction of sp³-hybridized carbons (Fsp3) is 0.429. The van der Waals surface area contributed by atoms with Crippen LogP contribution >= 0.6 is 0 Å². The number of amides is 1. The first-order valence-corrected chi connectivity index (χ1v) is 8.57. The van der Waals surface area contributed by atoms with Gasteiger partial charge in [0.1, 0.15) is 11.0 Å². The topological polar surface area (TPSA) is 110 Å². The van der Waals surface area contributed by atoms with Crippen molar-refractivity contribution in [2.75, 3.05) is 17.7 Å². The quantitative estimate of drug-likeness (QED) is 0.836. The number of rotatable bonds is 5. The molecule has 0 spiro atoms. The Morgan fingerprint density at radius 2 is 1.91 bits per heavy atom. The van der Waals surface area contributed by atoms with Gasteiger partial charge in [-0.2, -0.15) is 0 Å². The SMILES string of the molecule is O=C(O)COc1ccc(NC(=O)C2CCCCS2(=O)=O)cc1. The lowest BCUT2D eigenvalue weighted by molar-refractivity contribution is -0.139. The number of benzene rings is 1. The summed E-state index contributed by atoms with van der Waals surface area (Å²) in [7, 11) is -3.37. The Morgan fingerprint density at radius 1 is 1.23 bits per heavy atom. The number of carbonyl (C=O) groups excluding carboxylic acids is 1. The van der Waals surface area contributed by atoms with Gasteiger partial charge in [0, 0.05) is 5.69 Å². The van der Waals surface area contributed by atoms with E-state index >= 15 is 0 Å². The van der Waals surface area contributed by atoms with Crippen molar-refractivity contribution in [3.05, 3.63) is 24.3 Å². The van der Waals surface area contributed by atoms with Crippen LogP contribution < -0.4 is 10.1 Å². The number of carboxylic acid groups (broad SMARTS) is 1. The van der Waals surface area contributed by atoms with Gasteiger partial charge in [0.05, 0.1) is 5.75 Å². The Labute approximate surface area is 128 Å². The van der Waals surface area contributed by atoms with Crippen molar-refractivity contribution in [1.82, 2.24) is 0 Å². The summed E-state index contributed by atoms with van der Waals surface area (Å²) in [6, 6.07) is 6.08. The highest BCUT2D eigenvalue weighted by atomic mass is 32.2. The highest BCUT2D eigenvalue weighted by Gasteiger charge is 2.34. The molecule has 1 aromatic rings. The molecule has 2 N–H and O–H groups in total. The number of hydrogen-bond donors (Lipinski definition) is 2. The zero-order valence-corrected chi connectivity index (χ0v) is 12.6. The Bertz CT molecular complexity index is 652. The summed E-state index contributed by atoms with van der Waals surface area (Å²) in [4.78, 5) is 22.5. The maximum Gasteiger partial charge on any atom is 0.341 e. The van der Waals surface area contributed by atoms with E-state index in [1.54, 1.807) is 0 Å². The molecule has 0 aromatic heterocycles. The van der Waals surface area contributed by atoms with E-state index in [1.807, 2.05) is 0 Å². The Kier molecular flexibility index (Phi) is 5.02. The van der Waals surface area contributed by atoms with Crippen LogP contribution in [0.25, 0.3) is 0 Å². The maximum atomic E-state index is 12.1. The van der Waals surface area contributed by atoms with E-state index in [2.05, 4.69) is 5.32 Å². The molecule has 8 heteroatoms. The third kappa shape index (κ3) is 4.20. The molecule has 0 bridgehead atoms. The molecule has 1 aliphatic heterocycles. The molecule has 1 heterocycles. The van der Waals surface area contributed by atoms with Gasteiger partial charge in [-0.15, -0.1) is 0 Å². The van der Waals surface area contributed by atoms with E-state index in [-0.39, 0.29) is 5.75 Å². The molecule has 1 atom stereocenters. The molecule has 1 aliphatic rings. The van der Waals surface area contributed by atoms with Crippen molar-refractivity contribution in [3.63, 3.8) is 0 Å². The fourth-order valence-corrected chi connectivity index (χ4v) is 4.05.